The summed E-state index contributed by atoms with van der Waals surface area (Å²) < 4.78 is 5.30. The number of hydrogen-bond donors (Lipinski definition) is 0. The van der Waals surface area contributed by atoms with E-state index in [0.29, 0.717) is 18.4 Å². The zero-order valence-electron chi connectivity index (χ0n) is 8.53. The van der Waals surface area contributed by atoms with E-state index in [4.69, 9.17) is 4.74 Å². The first-order valence-corrected chi connectivity index (χ1v) is 4.29. The molecule has 0 fully saturated rings. The summed E-state index contributed by atoms with van der Waals surface area (Å²) in [5.74, 6) is 1.32. The van der Waals surface area contributed by atoms with Crippen LogP contribution >= 0.6 is 0 Å². The van der Waals surface area contributed by atoms with Crippen molar-refractivity contribution in [3.8, 4) is 5.88 Å². The van der Waals surface area contributed by atoms with Crippen molar-refractivity contribution in [2.75, 3.05) is 25.6 Å². The molecule has 0 saturated heterocycles. The Kier molecular flexibility index (Phi) is 3.06. The van der Waals surface area contributed by atoms with Crippen LogP contribution in [0.15, 0.2) is 6.07 Å². The van der Waals surface area contributed by atoms with Crippen LogP contribution in [0.25, 0.3) is 0 Å². The average molecular weight is 181 g/mol. The summed E-state index contributed by atoms with van der Waals surface area (Å²) in [5, 5.41) is 0. The van der Waals surface area contributed by atoms with Crippen LogP contribution in [0.4, 0.5) is 5.95 Å². The highest BCUT2D eigenvalue weighted by atomic mass is 16.5. The molecule has 0 saturated carbocycles. The highest BCUT2D eigenvalue weighted by Gasteiger charge is 2.03. The lowest BCUT2D eigenvalue weighted by molar-refractivity contribution is 0.326. The van der Waals surface area contributed by atoms with Gasteiger partial charge in [-0.15, -0.1) is 0 Å². The second-order valence-corrected chi connectivity index (χ2v) is 2.98. The molecule has 1 rings (SSSR count). The predicted molar refractivity (Wildman–Crippen MR) is 52.3 cm³/mol. The van der Waals surface area contributed by atoms with E-state index in [1.165, 1.54) is 0 Å². The first-order valence-electron chi connectivity index (χ1n) is 4.29. The van der Waals surface area contributed by atoms with Crippen LogP contribution in [0.3, 0.4) is 0 Å². The van der Waals surface area contributed by atoms with Gasteiger partial charge in [-0.2, -0.15) is 4.98 Å². The number of aryl methyl sites for hydroxylation is 1. The largest absolute Gasteiger partial charge is 0.478 e. The molecule has 0 aromatic carbocycles. The van der Waals surface area contributed by atoms with Gasteiger partial charge in [0.25, 0.3) is 0 Å². The molecule has 0 unspecified atom stereocenters. The molecule has 1 heterocycles. The number of rotatable bonds is 3. The summed E-state index contributed by atoms with van der Waals surface area (Å²) >= 11 is 0. The molecule has 0 radical (unpaired) electrons. The maximum atomic E-state index is 5.30. The molecule has 1 aromatic heterocycles. The number of ether oxygens (including phenoxy) is 1. The minimum absolute atomic E-state index is 0.628. The van der Waals surface area contributed by atoms with Crippen molar-refractivity contribution in [1.82, 2.24) is 9.97 Å². The van der Waals surface area contributed by atoms with Gasteiger partial charge in [-0.1, -0.05) is 0 Å². The van der Waals surface area contributed by atoms with E-state index in [-0.39, 0.29) is 0 Å². The lowest BCUT2D eigenvalue weighted by Crippen LogP contribution is -2.13. The zero-order valence-corrected chi connectivity index (χ0v) is 8.53. The van der Waals surface area contributed by atoms with Gasteiger partial charge < -0.3 is 9.64 Å². The molecule has 0 spiro atoms. The standard InChI is InChI=1S/C9H15N3O/c1-5-13-8-6-7(2)10-9(11-8)12(3)4/h6H,5H2,1-4H3. The van der Waals surface area contributed by atoms with Crippen molar-refractivity contribution >= 4 is 5.95 Å². The van der Waals surface area contributed by atoms with E-state index >= 15 is 0 Å². The van der Waals surface area contributed by atoms with Gasteiger partial charge in [-0.3, -0.25) is 0 Å². The third-order valence-electron chi connectivity index (χ3n) is 1.51. The Hall–Kier alpha value is -1.32. The summed E-state index contributed by atoms with van der Waals surface area (Å²) in [6.07, 6.45) is 0. The Labute approximate surface area is 78.6 Å². The molecule has 0 bridgehead atoms. The highest BCUT2D eigenvalue weighted by Crippen LogP contribution is 2.13. The van der Waals surface area contributed by atoms with E-state index in [9.17, 15) is 0 Å². The van der Waals surface area contributed by atoms with Gasteiger partial charge in [0, 0.05) is 25.9 Å². The van der Waals surface area contributed by atoms with Crippen LogP contribution in [-0.2, 0) is 0 Å². The van der Waals surface area contributed by atoms with Crippen LogP contribution < -0.4 is 9.64 Å². The van der Waals surface area contributed by atoms with Gasteiger partial charge in [-0.25, -0.2) is 4.98 Å². The molecule has 0 aliphatic heterocycles. The fourth-order valence-corrected chi connectivity index (χ4v) is 0.946. The van der Waals surface area contributed by atoms with Crippen molar-refractivity contribution in [2.24, 2.45) is 0 Å². The van der Waals surface area contributed by atoms with E-state index in [1.807, 2.05) is 38.9 Å². The molecule has 0 atom stereocenters. The van der Waals surface area contributed by atoms with Crippen LogP contribution in [0.1, 0.15) is 12.6 Å². The predicted octanol–water partition coefficient (Wildman–Crippen LogP) is 1.25. The van der Waals surface area contributed by atoms with E-state index < -0.39 is 0 Å². The molecule has 13 heavy (non-hydrogen) atoms. The number of anilines is 1. The van der Waals surface area contributed by atoms with Crippen molar-refractivity contribution in [3.63, 3.8) is 0 Å². The second kappa shape index (κ2) is 4.07. The zero-order chi connectivity index (χ0) is 9.84. The van der Waals surface area contributed by atoms with Gasteiger partial charge in [0.05, 0.1) is 6.61 Å². The summed E-state index contributed by atoms with van der Waals surface area (Å²) in [7, 11) is 3.81. The third kappa shape index (κ3) is 2.57. The lowest BCUT2D eigenvalue weighted by atomic mass is 10.4. The molecular weight excluding hydrogens is 166 g/mol. The molecule has 0 N–H and O–H groups in total. The summed E-state index contributed by atoms with van der Waals surface area (Å²) in [4.78, 5) is 10.3. The van der Waals surface area contributed by atoms with Crippen LogP contribution in [0.2, 0.25) is 0 Å². The maximum Gasteiger partial charge on any atom is 0.228 e. The van der Waals surface area contributed by atoms with Gasteiger partial charge in [0.1, 0.15) is 0 Å². The summed E-state index contributed by atoms with van der Waals surface area (Å²) in [5.41, 5.74) is 0.919. The number of nitrogens with zero attached hydrogens (tertiary/aromatic N) is 3. The van der Waals surface area contributed by atoms with Crippen molar-refractivity contribution in [2.45, 2.75) is 13.8 Å². The molecule has 1 aromatic rings. The van der Waals surface area contributed by atoms with Crippen molar-refractivity contribution < 1.29 is 4.74 Å². The fourth-order valence-electron chi connectivity index (χ4n) is 0.946. The van der Waals surface area contributed by atoms with Gasteiger partial charge in [0.2, 0.25) is 11.8 Å². The molecule has 4 heteroatoms. The second-order valence-electron chi connectivity index (χ2n) is 2.98. The monoisotopic (exact) mass is 181 g/mol. The normalized spacial score (nSPS) is 9.85. The Morgan fingerprint density at radius 3 is 2.62 bits per heavy atom. The lowest BCUT2D eigenvalue weighted by Gasteiger charge is -2.11. The van der Waals surface area contributed by atoms with Crippen LogP contribution in [-0.4, -0.2) is 30.7 Å². The topological polar surface area (TPSA) is 38.2 Å². The van der Waals surface area contributed by atoms with Crippen LogP contribution in [0, 0.1) is 6.92 Å². The molecule has 4 nitrogen and oxygen atoms in total. The smallest absolute Gasteiger partial charge is 0.228 e. The van der Waals surface area contributed by atoms with Crippen molar-refractivity contribution in [1.29, 1.82) is 0 Å². The first-order chi connectivity index (χ1) is 6.13. The molecule has 0 aliphatic carbocycles. The first kappa shape index (κ1) is 9.77. The van der Waals surface area contributed by atoms with E-state index in [1.54, 1.807) is 0 Å². The quantitative estimate of drug-likeness (QED) is 0.703. The molecular formula is C9H15N3O. The van der Waals surface area contributed by atoms with Crippen molar-refractivity contribution in [3.05, 3.63) is 11.8 Å². The SMILES string of the molecule is CCOc1cc(C)nc(N(C)C)n1. The van der Waals surface area contributed by atoms with E-state index in [2.05, 4.69) is 9.97 Å². The molecule has 72 valence electrons. The van der Waals surface area contributed by atoms with Gasteiger partial charge >= 0.3 is 0 Å². The minimum atomic E-state index is 0.628. The number of hydrogen-bond acceptors (Lipinski definition) is 4. The summed E-state index contributed by atoms with van der Waals surface area (Å²) in [6.45, 7) is 4.49. The Morgan fingerprint density at radius 1 is 1.38 bits per heavy atom. The minimum Gasteiger partial charge on any atom is -0.478 e. The van der Waals surface area contributed by atoms with Gasteiger partial charge in [0.15, 0.2) is 0 Å². The van der Waals surface area contributed by atoms with E-state index in [0.717, 1.165) is 5.69 Å². The maximum absolute atomic E-state index is 5.30. The molecule has 0 amide bonds. The Balaban J connectivity index is 2.96. The Bertz CT molecular complexity index is 286. The molecule has 0 aliphatic rings. The average Bonchev–Trinajstić information content (AvgIpc) is 2.03. The van der Waals surface area contributed by atoms with Crippen LogP contribution in [0.5, 0.6) is 5.88 Å². The highest BCUT2D eigenvalue weighted by molar-refractivity contribution is 5.31. The number of aromatic nitrogens is 2. The fraction of sp³-hybridized carbons (Fsp3) is 0.556. The Morgan fingerprint density at radius 2 is 2.08 bits per heavy atom. The third-order valence-corrected chi connectivity index (χ3v) is 1.51. The van der Waals surface area contributed by atoms with Gasteiger partial charge in [-0.05, 0) is 13.8 Å². The summed E-state index contributed by atoms with van der Waals surface area (Å²) in [6, 6.07) is 1.83.